The molecule has 98 valence electrons. The molecule has 0 radical (unpaired) electrons. The number of nitrogens with two attached hydrogens (primary N) is 1. The molecule has 3 N–H and O–H groups in total. The summed E-state index contributed by atoms with van der Waals surface area (Å²) < 4.78 is 13.3. The minimum absolute atomic E-state index is 0.0621. The maximum atomic E-state index is 13.3. The molecule has 2 rings (SSSR count). The van der Waals surface area contributed by atoms with E-state index in [9.17, 15) is 9.18 Å². The Hall–Kier alpha value is -1.62. The van der Waals surface area contributed by atoms with Crippen molar-refractivity contribution in [2.24, 2.45) is 5.73 Å². The van der Waals surface area contributed by atoms with Crippen LogP contribution in [0.3, 0.4) is 0 Å². The van der Waals surface area contributed by atoms with Gasteiger partial charge in [0.15, 0.2) is 0 Å². The molecular formula is C13H18FN3O. The zero-order chi connectivity index (χ0) is 13.1. The Morgan fingerprint density at radius 2 is 2.11 bits per heavy atom. The van der Waals surface area contributed by atoms with Crippen LogP contribution in [-0.2, 0) is 0 Å². The van der Waals surface area contributed by atoms with E-state index in [1.807, 2.05) is 0 Å². The summed E-state index contributed by atoms with van der Waals surface area (Å²) in [6, 6.07) is 4.76. The number of carbonyl (C=O) groups is 1. The van der Waals surface area contributed by atoms with Crippen LogP contribution < -0.4 is 11.1 Å². The number of nitrogens with zero attached hydrogens (tertiary/aromatic N) is 1. The van der Waals surface area contributed by atoms with Gasteiger partial charge in [0.1, 0.15) is 5.82 Å². The molecule has 18 heavy (non-hydrogen) atoms. The Kier molecular flexibility index (Phi) is 3.81. The highest BCUT2D eigenvalue weighted by Gasteiger charge is 2.17. The number of amides is 1. The molecule has 1 aliphatic heterocycles. The van der Waals surface area contributed by atoms with Crippen LogP contribution >= 0.6 is 0 Å². The van der Waals surface area contributed by atoms with E-state index in [1.165, 1.54) is 12.1 Å². The van der Waals surface area contributed by atoms with Crippen molar-refractivity contribution in [2.75, 3.05) is 25.5 Å². The average molecular weight is 251 g/mol. The summed E-state index contributed by atoms with van der Waals surface area (Å²) in [5, 5.41) is 3.32. The number of primary amides is 1. The number of nitrogens with one attached hydrogen (secondary N) is 1. The van der Waals surface area contributed by atoms with Gasteiger partial charge in [-0.1, -0.05) is 0 Å². The molecule has 0 aliphatic carbocycles. The van der Waals surface area contributed by atoms with Crippen LogP contribution in [0.25, 0.3) is 0 Å². The highest BCUT2D eigenvalue weighted by molar-refractivity contribution is 5.94. The second-order valence-corrected chi connectivity index (χ2v) is 4.78. The molecule has 1 amide bonds. The van der Waals surface area contributed by atoms with Gasteiger partial charge in [-0.15, -0.1) is 0 Å². The van der Waals surface area contributed by atoms with E-state index in [1.54, 1.807) is 6.07 Å². The second kappa shape index (κ2) is 5.35. The molecule has 0 aromatic heterocycles. The zero-order valence-corrected chi connectivity index (χ0v) is 10.4. The first-order valence-corrected chi connectivity index (χ1v) is 6.10. The van der Waals surface area contributed by atoms with Crippen LogP contribution in [0.2, 0.25) is 0 Å². The lowest BCUT2D eigenvalue weighted by atomic mass is 10.0. The van der Waals surface area contributed by atoms with Gasteiger partial charge in [-0.2, -0.15) is 0 Å². The summed E-state index contributed by atoms with van der Waals surface area (Å²) in [4.78, 5) is 13.3. The second-order valence-electron chi connectivity index (χ2n) is 4.78. The highest BCUT2D eigenvalue weighted by atomic mass is 19.1. The fraction of sp³-hybridized carbons (Fsp3) is 0.462. The Bertz CT molecular complexity index is 442. The van der Waals surface area contributed by atoms with Crippen LogP contribution in [0.4, 0.5) is 10.1 Å². The SMILES string of the molecule is CN1CCC(Nc2ccc(F)c(C(N)=O)c2)CC1. The summed E-state index contributed by atoms with van der Waals surface area (Å²) in [6.07, 6.45) is 2.08. The van der Waals surface area contributed by atoms with E-state index in [4.69, 9.17) is 5.73 Å². The zero-order valence-electron chi connectivity index (χ0n) is 10.4. The standard InChI is InChI=1S/C13H18FN3O/c1-17-6-4-9(5-7-17)16-10-2-3-12(14)11(8-10)13(15)18/h2-3,8-9,16H,4-7H2,1H3,(H2,15,18). The number of hydrogen-bond acceptors (Lipinski definition) is 3. The van der Waals surface area contributed by atoms with Crippen molar-refractivity contribution >= 4 is 11.6 Å². The molecule has 5 heteroatoms. The number of anilines is 1. The predicted molar refractivity (Wildman–Crippen MR) is 69.1 cm³/mol. The smallest absolute Gasteiger partial charge is 0.251 e. The molecule has 0 bridgehead atoms. The monoisotopic (exact) mass is 251 g/mol. The van der Waals surface area contributed by atoms with Crippen LogP contribution in [0.1, 0.15) is 23.2 Å². The van der Waals surface area contributed by atoms with E-state index in [-0.39, 0.29) is 5.56 Å². The molecule has 1 aliphatic rings. The van der Waals surface area contributed by atoms with Crippen molar-refractivity contribution in [2.45, 2.75) is 18.9 Å². The summed E-state index contributed by atoms with van der Waals surface area (Å²) in [7, 11) is 2.10. The Labute approximate surface area is 106 Å². The summed E-state index contributed by atoms with van der Waals surface area (Å²) >= 11 is 0. The minimum atomic E-state index is -0.737. The van der Waals surface area contributed by atoms with Crippen LogP contribution in [0.5, 0.6) is 0 Å². The molecule has 0 unspecified atom stereocenters. The quantitative estimate of drug-likeness (QED) is 0.854. The third-order valence-corrected chi connectivity index (χ3v) is 3.32. The van der Waals surface area contributed by atoms with E-state index in [0.717, 1.165) is 31.6 Å². The lowest BCUT2D eigenvalue weighted by molar-refractivity contribution is 0.0996. The van der Waals surface area contributed by atoms with E-state index in [0.29, 0.717) is 6.04 Å². The summed E-state index contributed by atoms with van der Waals surface area (Å²) in [5.74, 6) is -1.31. The lowest BCUT2D eigenvalue weighted by Gasteiger charge is -2.30. The Balaban J connectivity index is 2.05. The van der Waals surface area contributed by atoms with Gasteiger partial charge < -0.3 is 16.0 Å². The van der Waals surface area contributed by atoms with Crippen molar-refractivity contribution in [1.82, 2.24) is 4.90 Å². The van der Waals surface area contributed by atoms with Gasteiger partial charge >= 0.3 is 0 Å². The van der Waals surface area contributed by atoms with Crippen molar-refractivity contribution in [3.8, 4) is 0 Å². The van der Waals surface area contributed by atoms with Crippen molar-refractivity contribution in [3.05, 3.63) is 29.6 Å². The largest absolute Gasteiger partial charge is 0.382 e. The number of rotatable bonds is 3. The number of piperidine rings is 1. The molecule has 0 spiro atoms. The minimum Gasteiger partial charge on any atom is -0.382 e. The van der Waals surface area contributed by atoms with Crippen LogP contribution in [0.15, 0.2) is 18.2 Å². The van der Waals surface area contributed by atoms with E-state index in [2.05, 4.69) is 17.3 Å². The molecule has 0 saturated carbocycles. The fourth-order valence-electron chi connectivity index (χ4n) is 2.19. The van der Waals surface area contributed by atoms with Crippen LogP contribution in [-0.4, -0.2) is 37.0 Å². The molecular weight excluding hydrogens is 233 g/mol. The van der Waals surface area contributed by atoms with Gasteiger partial charge in [-0.3, -0.25) is 4.79 Å². The maximum absolute atomic E-state index is 13.3. The third kappa shape index (κ3) is 2.98. The number of halogens is 1. The maximum Gasteiger partial charge on any atom is 0.251 e. The van der Waals surface area contributed by atoms with Gasteiger partial charge in [0.05, 0.1) is 5.56 Å². The Morgan fingerprint density at radius 3 is 2.72 bits per heavy atom. The molecule has 1 aromatic rings. The van der Waals surface area contributed by atoms with Crippen molar-refractivity contribution in [1.29, 1.82) is 0 Å². The topological polar surface area (TPSA) is 58.4 Å². The van der Waals surface area contributed by atoms with Gasteiger partial charge in [0.25, 0.3) is 5.91 Å². The van der Waals surface area contributed by atoms with Gasteiger partial charge in [-0.05, 0) is 51.2 Å². The fourth-order valence-corrected chi connectivity index (χ4v) is 2.19. The molecule has 4 nitrogen and oxygen atoms in total. The number of hydrogen-bond donors (Lipinski definition) is 2. The number of likely N-dealkylation sites (tertiary alicyclic amines) is 1. The average Bonchev–Trinajstić information content (AvgIpc) is 2.34. The summed E-state index contributed by atoms with van der Waals surface area (Å²) in [5.41, 5.74) is 5.81. The first kappa shape index (κ1) is 12.8. The lowest BCUT2D eigenvalue weighted by Crippen LogP contribution is -2.36. The normalized spacial score (nSPS) is 17.7. The van der Waals surface area contributed by atoms with Gasteiger partial charge in [-0.25, -0.2) is 4.39 Å². The first-order chi connectivity index (χ1) is 8.56. The van der Waals surface area contributed by atoms with Gasteiger partial charge in [0.2, 0.25) is 0 Å². The highest BCUT2D eigenvalue weighted by Crippen LogP contribution is 2.18. The third-order valence-electron chi connectivity index (χ3n) is 3.32. The molecule has 1 saturated heterocycles. The van der Waals surface area contributed by atoms with Crippen molar-refractivity contribution in [3.63, 3.8) is 0 Å². The van der Waals surface area contributed by atoms with Crippen LogP contribution in [0, 0.1) is 5.82 Å². The van der Waals surface area contributed by atoms with Gasteiger partial charge in [0, 0.05) is 11.7 Å². The number of carbonyl (C=O) groups excluding carboxylic acids is 1. The van der Waals surface area contributed by atoms with Crippen molar-refractivity contribution < 1.29 is 9.18 Å². The molecule has 1 heterocycles. The van der Waals surface area contributed by atoms with E-state index < -0.39 is 11.7 Å². The van der Waals surface area contributed by atoms with E-state index >= 15 is 0 Å². The molecule has 0 atom stereocenters. The molecule has 1 aromatic carbocycles. The first-order valence-electron chi connectivity index (χ1n) is 6.10. The number of benzene rings is 1. The summed E-state index contributed by atoms with van der Waals surface area (Å²) in [6.45, 7) is 2.09. The molecule has 1 fully saturated rings. The predicted octanol–water partition coefficient (Wildman–Crippen LogP) is 1.43. The Morgan fingerprint density at radius 1 is 1.44 bits per heavy atom.